The smallest absolute Gasteiger partial charge is 0.226 e. The summed E-state index contributed by atoms with van der Waals surface area (Å²) in [6.07, 6.45) is 1.38. The Morgan fingerprint density at radius 3 is 2.52 bits per heavy atom. The highest BCUT2D eigenvalue weighted by Crippen LogP contribution is 2.27. The molecule has 0 aliphatic rings. The second-order valence-electron chi connectivity index (χ2n) is 7.51. The van der Waals surface area contributed by atoms with E-state index in [2.05, 4.69) is 4.98 Å². The van der Waals surface area contributed by atoms with Gasteiger partial charge in [-0.1, -0.05) is 36.4 Å². The van der Waals surface area contributed by atoms with Gasteiger partial charge in [0.1, 0.15) is 17.3 Å². The lowest BCUT2D eigenvalue weighted by molar-refractivity contribution is -0.118. The van der Waals surface area contributed by atoms with Crippen LogP contribution >= 0.6 is 11.3 Å². The van der Waals surface area contributed by atoms with E-state index in [1.807, 2.05) is 79.0 Å². The zero-order valence-corrected chi connectivity index (χ0v) is 18.5. The molecule has 5 heteroatoms. The zero-order valence-electron chi connectivity index (χ0n) is 17.7. The molecule has 4 nitrogen and oxygen atoms in total. The van der Waals surface area contributed by atoms with E-state index in [0.29, 0.717) is 25.3 Å². The number of aryl methyl sites for hydroxylation is 1. The average Bonchev–Trinajstić information content (AvgIpc) is 3.44. The fraction of sp³-hybridized carbons (Fsp3) is 0.231. The Labute approximate surface area is 186 Å². The number of rotatable bonds is 9. The van der Waals surface area contributed by atoms with Crippen molar-refractivity contribution in [2.45, 2.75) is 32.6 Å². The lowest BCUT2D eigenvalue weighted by atomic mass is 9.94. The van der Waals surface area contributed by atoms with Gasteiger partial charge in [0.25, 0.3) is 0 Å². The van der Waals surface area contributed by atoms with Gasteiger partial charge < -0.3 is 9.15 Å². The van der Waals surface area contributed by atoms with Crippen molar-refractivity contribution in [1.29, 1.82) is 0 Å². The van der Waals surface area contributed by atoms with Gasteiger partial charge in [-0.3, -0.25) is 4.79 Å². The van der Waals surface area contributed by atoms with Crippen molar-refractivity contribution in [2.75, 3.05) is 6.61 Å². The number of carbonyl (C=O) groups excluding carboxylic acids is 1. The summed E-state index contributed by atoms with van der Waals surface area (Å²) in [6, 6.07) is 21.9. The van der Waals surface area contributed by atoms with E-state index < -0.39 is 0 Å². The van der Waals surface area contributed by atoms with E-state index in [1.165, 1.54) is 0 Å². The molecule has 2 heterocycles. The molecule has 0 fully saturated rings. The molecule has 4 rings (SSSR count). The SMILES string of the molecule is CC(=O)[C@H](Cc1ccc(OCCc2nc(-c3ccccc3)oc2C)cc1)c1cccs1. The van der Waals surface area contributed by atoms with Crippen molar-refractivity contribution in [3.05, 3.63) is 94.0 Å². The van der Waals surface area contributed by atoms with Crippen LogP contribution in [0.15, 0.2) is 76.5 Å². The number of nitrogens with zero attached hydrogens (tertiary/aromatic N) is 1. The molecule has 158 valence electrons. The minimum Gasteiger partial charge on any atom is -0.493 e. The summed E-state index contributed by atoms with van der Waals surface area (Å²) >= 11 is 1.63. The highest BCUT2D eigenvalue weighted by molar-refractivity contribution is 7.10. The summed E-state index contributed by atoms with van der Waals surface area (Å²) < 4.78 is 11.7. The van der Waals surface area contributed by atoms with Crippen LogP contribution in [-0.4, -0.2) is 17.4 Å². The third-order valence-electron chi connectivity index (χ3n) is 5.26. The summed E-state index contributed by atoms with van der Waals surface area (Å²) in [6.45, 7) is 4.12. The van der Waals surface area contributed by atoms with Crippen LogP contribution in [-0.2, 0) is 17.6 Å². The summed E-state index contributed by atoms with van der Waals surface area (Å²) in [7, 11) is 0. The lowest BCUT2D eigenvalue weighted by Gasteiger charge is -2.13. The topological polar surface area (TPSA) is 52.3 Å². The Balaban J connectivity index is 1.33. The maximum absolute atomic E-state index is 12.1. The molecule has 0 bridgehead atoms. The lowest BCUT2D eigenvalue weighted by Crippen LogP contribution is -2.10. The largest absolute Gasteiger partial charge is 0.493 e. The molecule has 0 saturated carbocycles. The Bertz CT molecular complexity index is 1120. The van der Waals surface area contributed by atoms with Crippen LogP contribution in [0.3, 0.4) is 0 Å². The molecule has 31 heavy (non-hydrogen) atoms. The van der Waals surface area contributed by atoms with Crippen LogP contribution in [0.2, 0.25) is 0 Å². The van der Waals surface area contributed by atoms with Crippen molar-refractivity contribution in [3.63, 3.8) is 0 Å². The van der Waals surface area contributed by atoms with Crippen molar-refractivity contribution in [2.24, 2.45) is 0 Å². The summed E-state index contributed by atoms with van der Waals surface area (Å²) in [4.78, 5) is 17.8. The highest BCUT2D eigenvalue weighted by Gasteiger charge is 2.18. The van der Waals surface area contributed by atoms with Crippen LogP contribution < -0.4 is 4.74 Å². The Morgan fingerprint density at radius 1 is 1.06 bits per heavy atom. The molecule has 2 aromatic carbocycles. The minimum absolute atomic E-state index is 0.0827. The summed E-state index contributed by atoms with van der Waals surface area (Å²) in [5.74, 6) is 2.38. The highest BCUT2D eigenvalue weighted by atomic mass is 32.1. The van der Waals surface area contributed by atoms with E-state index in [0.717, 1.165) is 33.2 Å². The maximum atomic E-state index is 12.1. The molecule has 0 amide bonds. The van der Waals surface area contributed by atoms with Crippen molar-refractivity contribution in [1.82, 2.24) is 4.98 Å². The maximum Gasteiger partial charge on any atom is 0.226 e. The van der Waals surface area contributed by atoms with E-state index in [-0.39, 0.29) is 11.7 Å². The predicted molar refractivity (Wildman–Crippen MR) is 124 cm³/mol. The number of ketones is 1. The van der Waals surface area contributed by atoms with Gasteiger partial charge in [0.15, 0.2) is 0 Å². The summed E-state index contributed by atoms with van der Waals surface area (Å²) in [5.41, 5.74) is 3.01. The second kappa shape index (κ2) is 9.75. The second-order valence-corrected chi connectivity index (χ2v) is 8.49. The molecule has 0 saturated heterocycles. The molecule has 0 unspecified atom stereocenters. The molecule has 4 aromatic rings. The van der Waals surface area contributed by atoms with Crippen molar-refractivity contribution >= 4 is 17.1 Å². The Morgan fingerprint density at radius 2 is 1.84 bits per heavy atom. The molecular weight excluding hydrogens is 406 g/mol. The predicted octanol–water partition coefficient (Wildman–Crippen LogP) is 6.25. The normalized spacial score (nSPS) is 11.9. The third kappa shape index (κ3) is 5.30. The Hall–Kier alpha value is -3.18. The van der Waals surface area contributed by atoms with Crippen LogP contribution in [0.4, 0.5) is 0 Å². The summed E-state index contributed by atoms with van der Waals surface area (Å²) in [5, 5.41) is 2.02. The zero-order chi connectivity index (χ0) is 21.6. The molecule has 1 atom stereocenters. The fourth-order valence-corrected chi connectivity index (χ4v) is 4.41. The van der Waals surface area contributed by atoms with Gasteiger partial charge in [-0.05, 0) is 61.5 Å². The van der Waals surface area contributed by atoms with Gasteiger partial charge in [0.05, 0.1) is 18.2 Å². The number of Topliss-reactive ketones (excluding diaryl/α,β-unsaturated/α-hetero) is 1. The quantitative estimate of drug-likeness (QED) is 0.314. The van der Waals surface area contributed by atoms with E-state index in [4.69, 9.17) is 9.15 Å². The van der Waals surface area contributed by atoms with Crippen LogP contribution in [0.5, 0.6) is 5.75 Å². The minimum atomic E-state index is -0.0827. The number of hydrogen-bond donors (Lipinski definition) is 0. The first kappa shape index (κ1) is 21.1. The van der Waals surface area contributed by atoms with Crippen molar-refractivity contribution in [3.8, 4) is 17.2 Å². The number of carbonyl (C=O) groups is 1. The van der Waals surface area contributed by atoms with Gasteiger partial charge in [0.2, 0.25) is 5.89 Å². The number of aromatic nitrogens is 1. The van der Waals surface area contributed by atoms with Gasteiger partial charge in [0, 0.05) is 16.9 Å². The average molecular weight is 432 g/mol. The van der Waals surface area contributed by atoms with Gasteiger partial charge in [-0.25, -0.2) is 4.98 Å². The van der Waals surface area contributed by atoms with Crippen molar-refractivity contribution < 1.29 is 13.9 Å². The Kier molecular flexibility index (Phi) is 6.63. The molecular formula is C26H25NO3S. The molecule has 0 radical (unpaired) electrons. The fourth-order valence-electron chi connectivity index (χ4n) is 3.52. The van der Waals surface area contributed by atoms with Gasteiger partial charge in [-0.15, -0.1) is 11.3 Å². The van der Waals surface area contributed by atoms with Gasteiger partial charge >= 0.3 is 0 Å². The van der Waals surface area contributed by atoms with E-state index in [9.17, 15) is 4.79 Å². The number of hydrogen-bond acceptors (Lipinski definition) is 5. The first-order valence-electron chi connectivity index (χ1n) is 10.4. The first-order chi connectivity index (χ1) is 15.1. The van der Waals surface area contributed by atoms with Crippen LogP contribution in [0.1, 0.15) is 34.7 Å². The first-order valence-corrected chi connectivity index (χ1v) is 11.3. The molecule has 0 aliphatic heterocycles. The monoisotopic (exact) mass is 431 g/mol. The number of benzene rings is 2. The standard InChI is InChI=1S/C26H25NO3S/c1-18(28)23(25-9-6-16-31-25)17-20-10-12-22(13-11-20)29-15-14-24-19(2)30-26(27-24)21-7-4-3-5-8-21/h3-13,16,23H,14-15,17H2,1-2H3/t23-/m0/s1. The molecule has 2 aromatic heterocycles. The van der Waals surface area contributed by atoms with E-state index in [1.54, 1.807) is 18.3 Å². The van der Waals surface area contributed by atoms with Crippen LogP contribution in [0.25, 0.3) is 11.5 Å². The molecule has 0 aliphatic carbocycles. The van der Waals surface area contributed by atoms with E-state index >= 15 is 0 Å². The number of oxazole rings is 1. The van der Waals surface area contributed by atoms with Gasteiger partial charge in [-0.2, -0.15) is 0 Å². The number of thiophene rings is 1. The molecule has 0 N–H and O–H groups in total. The van der Waals surface area contributed by atoms with Crippen LogP contribution in [0, 0.1) is 6.92 Å². The number of ether oxygens (including phenoxy) is 1. The molecule has 0 spiro atoms. The third-order valence-corrected chi connectivity index (χ3v) is 6.25.